The zero-order valence-corrected chi connectivity index (χ0v) is 14.4. The SMILES string of the molecule is O=C(Nc1nccs1)c1cccnc1Sc1ccc(Br)cc1. The molecule has 2 aromatic heterocycles. The van der Waals surface area contributed by atoms with Gasteiger partial charge in [0, 0.05) is 27.1 Å². The van der Waals surface area contributed by atoms with Gasteiger partial charge in [-0.05, 0) is 36.4 Å². The van der Waals surface area contributed by atoms with E-state index < -0.39 is 0 Å². The van der Waals surface area contributed by atoms with Crippen molar-refractivity contribution in [1.82, 2.24) is 9.97 Å². The Hall–Kier alpha value is -1.70. The third-order valence-corrected chi connectivity index (χ3v) is 4.94. The molecule has 3 rings (SSSR count). The molecule has 3 aromatic rings. The summed E-state index contributed by atoms with van der Waals surface area (Å²) in [7, 11) is 0. The van der Waals surface area contributed by atoms with E-state index in [0.717, 1.165) is 9.37 Å². The van der Waals surface area contributed by atoms with Crippen molar-refractivity contribution in [3.05, 3.63) is 64.2 Å². The summed E-state index contributed by atoms with van der Waals surface area (Å²) in [6, 6.07) is 11.4. The van der Waals surface area contributed by atoms with Crippen LogP contribution >= 0.6 is 39.0 Å². The number of hydrogen-bond donors (Lipinski definition) is 1. The minimum atomic E-state index is -0.206. The average molecular weight is 392 g/mol. The monoisotopic (exact) mass is 391 g/mol. The first-order chi connectivity index (χ1) is 10.7. The third-order valence-electron chi connectivity index (χ3n) is 2.70. The van der Waals surface area contributed by atoms with Crippen LogP contribution in [0, 0.1) is 0 Å². The van der Waals surface area contributed by atoms with Gasteiger partial charge in [0.05, 0.1) is 5.56 Å². The quantitative estimate of drug-likeness (QED) is 0.699. The molecule has 0 saturated carbocycles. The minimum Gasteiger partial charge on any atom is -0.298 e. The van der Waals surface area contributed by atoms with Crippen molar-refractivity contribution in [2.75, 3.05) is 5.32 Å². The first kappa shape index (κ1) is 15.2. The van der Waals surface area contributed by atoms with Crippen LogP contribution in [0.5, 0.6) is 0 Å². The molecular weight excluding hydrogens is 382 g/mol. The maximum absolute atomic E-state index is 12.4. The molecular formula is C15H10BrN3OS2. The minimum absolute atomic E-state index is 0.206. The van der Waals surface area contributed by atoms with Gasteiger partial charge in [-0.2, -0.15) is 0 Å². The predicted molar refractivity (Wildman–Crippen MR) is 92.6 cm³/mol. The lowest BCUT2D eigenvalue weighted by Crippen LogP contribution is -2.13. The van der Waals surface area contributed by atoms with E-state index in [4.69, 9.17) is 0 Å². The molecule has 2 heterocycles. The van der Waals surface area contributed by atoms with Crippen LogP contribution in [0.3, 0.4) is 0 Å². The number of benzene rings is 1. The van der Waals surface area contributed by atoms with Crippen molar-refractivity contribution in [2.24, 2.45) is 0 Å². The lowest BCUT2D eigenvalue weighted by molar-refractivity contribution is 0.102. The van der Waals surface area contributed by atoms with Crippen molar-refractivity contribution < 1.29 is 4.79 Å². The van der Waals surface area contributed by atoms with Crippen LogP contribution in [0.1, 0.15) is 10.4 Å². The van der Waals surface area contributed by atoms with Gasteiger partial charge < -0.3 is 0 Å². The molecule has 4 nitrogen and oxygen atoms in total. The Balaban J connectivity index is 1.83. The number of halogens is 1. The molecule has 0 aliphatic carbocycles. The highest BCUT2D eigenvalue weighted by atomic mass is 79.9. The van der Waals surface area contributed by atoms with Gasteiger partial charge in [-0.25, -0.2) is 9.97 Å². The molecule has 0 aliphatic heterocycles. The molecule has 0 bridgehead atoms. The second-order valence-electron chi connectivity index (χ2n) is 4.20. The zero-order valence-electron chi connectivity index (χ0n) is 11.2. The number of anilines is 1. The lowest BCUT2D eigenvalue weighted by Gasteiger charge is -2.07. The smallest absolute Gasteiger partial charge is 0.260 e. The fourth-order valence-electron chi connectivity index (χ4n) is 1.71. The number of thiazole rings is 1. The van der Waals surface area contributed by atoms with E-state index in [1.54, 1.807) is 24.5 Å². The number of hydrogen-bond acceptors (Lipinski definition) is 5. The van der Waals surface area contributed by atoms with E-state index in [1.807, 2.05) is 29.6 Å². The fourth-order valence-corrected chi connectivity index (χ4v) is 3.38. The van der Waals surface area contributed by atoms with Gasteiger partial charge in [-0.3, -0.25) is 10.1 Å². The summed E-state index contributed by atoms with van der Waals surface area (Å²) in [6.07, 6.45) is 3.34. The summed E-state index contributed by atoms with van der Waals surface area (Å²) in [6.45, 7) is 0. The van der Waals surface area contributed by atoms with E-state index in [9.17, 15) is 4.79 Å². The summed E-state index contributed by atoms with van der Waals surface area (Å²) < 4.78 is 1.01. The number of amides is 1. The molecule has 1 aromatic carbocycles. The Morgan fingerprint density at radius 1 is 1.14 bits per heavy atom. The summed E-state index contributed by atoms with van der Waals surface area (Å²) >= 11 is 6.24. The highest BCUT2D eigenvalue weighted by Gasteiger charge is 2.14. The van der Waals surface area contributed by atoms with Gasteiger partial charge in [-0.15, -0.1) is 11.3 Å². The van der Waals surface area contributed by atoms with Crippen LogP contribution in [0.15, 0.2) is 68.6 Å². The average Bonchev–Trinajstić information content (AvgIpc) is 3.03. The molecule has 0 saturated heterocycles. The Morgan fingerprint density at radius 3 is 2.68 bits per heavy atom. The van der Waals surface area contributed by atoms with E-state index in [1.165, 1.54) is 23.1 Å². The van der Waals surface area contributed by atoms with Crippen molar-refractivity contribution in [3.63, 3.8) is 0 Å². The summed E-state index contributed by atoms with van der Waals surface area (Å²) in [5.41, 5.74) is 0.533. The Morgan fingerprint density at radius 2 is 1.95 bits per heavy atom. The maximum atomic E-state index is 12.4. The van der Waals surface area contributed by atoms with Crippen molar-refractivity contribution in [1.29, 1.82) is 0 Å². The van der Waals surface area contributed by atoms with E-state index in [-0.39, 0.29) is 5.91 Å². The van der Waals surface area contributed by atoms with Crippen molar-refractivity contribution in [2.45, 2.75) is 9.92 Å². The zero-order chi connectivity index (χ0) is 15.4. The van der Waals surface area contributed by atoms with Gasteiger partial charge in [0.15, 0.2) is 5.13 Å². The predicted octanol–water partition coefficient (Wildman–Crippen LogP) is 4.70. The van der Waals surface area contributed by atoms with Crippen LogP contribution in [-0.2, 0) is 0 Å². The van der Waals surface area contributed by atoms with Crippen LogP contribution in [-0.4, -0.2) is 15.9 Å². The molecule has 0 spiro atoms. The molecule has 110 valence electrons. The summed E-state index contributed by atoms with van der Waals surface area (Å²) in [4.78, 5) is 21.8. The third kappa shape index (κ3) is 3.73. The van der Waals surface area contributed by atoms with Gasteiger partial charge in [0.2, 0.25) is 0 Å². The fraction of sp³-hybridized carbons (Fsp3) is 0. The molecule has 0 radical (unpaired) electrons. The Kier molecular flexibility index (Phi) is 4.87. The topological polar surface area (TPSA) is 54.9 Å². The number of pyridine rings is 1. The van der Waals surface area contributed by atoms with E-state index in [0.29, 0.717) is 15.7 Å². The molecule has 0 atom stereocenters. The Bertz CT molecular complexity index is 776. The second kappa shape index (κ2) is 7.04. The largest absolute Gasteiger partial charge is 0.298 e. The Labute approximate surface area is 144 Å². The van der Waals surface area contributed by atoms with Gasteiger partial charge in [-0.1, -0.05) is 27.7 Å². The molecule has 0 unspecified atom stereocenters. The van der Waals surface area contributed by atoms with Gasteiger partial charge in [0.25, 0.3) is 5.91 Å². The highest BCUT2D eigenvalue weighted by molar-refractivity contribution is 9.10. The van der Waals surface area contributed by atoms with E-state index >= 15 is 0 Å². The van der Waals surface area contributed by atoms with Crippen LogP contribution < -0.4 is 5.32 Å². The van der Waals surface area contributed by atoms with Crippen LogP contribution in [0.2, 0.25) is 0 Å². The number of rotatable bonds is 4. The number of nitrogens with zero attached hydrogens (tertiary/aromatic N) is 2. The maximum Gasteiger partial charge on any atom is 0.260 e. The van der Waals surface area contributed by atoms with Gasteiger partial charge in [0.1, 0.15) is 5.03 Å². The number of nitrogens with one attached hydrogen (secondary N) is 1. The second-order valence-corrected chi connectivity index (χ2v) is 7.08. The standard InChI is InChI=1S/C15H10BrN3OS2/c16-10-3-5-11(6-4-10)22-14-12(2-1-7-17-14)13(20)19-15-18-8-9-21-15/h1-9H,(H,18,19,20). The lowest BCUT2D eigenvalue weighted by atomic mass is 10.3. The van der Waals surface area contributed by atoms with Crippen LogP contribution in [0.25, 0.3) is 0 Å². The number of carbonyl (C=O) groups excluding carboxylic acids is 1. The first-order valence-corrected chi connectivity index (χ1v) is 8.80. The molecule has 1 N–H and O–H groups in total. The molecule has 0 aliphatic rings. The number of aromatic nitrogens is 2. The molecule has 7 heteroatoms. The first-order valence-electron chi connectivity index (χ1n) is 6.31. The molecule has 1 amide bonds. The summed E-state index contributed by atoms with van der Waals surface area (Å²) in [5, 5.41) is 5.84. The normalized spacial score (nSPS) is 10.4. The highest BCUT2D eigenvalue weighted by Crippen LogP contribution is 2.30. The summed E-state index contributed by atoms with van der Waals surface area (Å²) in [5.74, 6) is -0.206. The molecule has 0 fully saturated rings. The van der Waals surface area contributed by atoms with Crippen molar-refractivity contribution >= 4 is 50.1 Å². The van der Waals surface area contributed by atoms with Gasteiger partial charge >= 0.3 is 0 Å². The van der Waals surface area contributed by atoms with E-state index in [2.05, 4.69) is 31.2 Å². The van der Waals surface area contributed by atoms with Crippen LogP contribution in [0.4, 0.5) is 5.13 Å². The molecule has 22 heavy (non-hydrogen) atoms. The number of carbonyl (C=O) groups is 1. The van der Waals surface area contributed by atoms with Crippen molar-refractivity contribution in [3.8, 4) is 0 Å².